The number of nitrogen functional groups attached to an aromatic ring is 1. The van der Waals surface area contributed by atoms with E-state index in [0.29, 0.717) is 23.2 Å². The Morgan fingerprint density at radius 2 is 2.06 bits per heavy atom. The Kier molecular flexibility index (Phi) is 2.15. The summed E-state index contributed by atoms with van der Waals surface area (Å²) in [7, 11) is 0. The third-order valence-corrected chi connectivity index (χ3v) is 2.30. The molecule has 0 aliphatic rings. The number of aromatic nitrogens is 2. The fourth-order valence-electron chi connectivity index (χ4n) is 1.52. The predicted molar refractivity (Wildman–Crippen MR) is 61.8 cm³/mol. The number of anilines is 1. The molecule has 0 spiro atoms. The zero-order valence-corrected chi connectivity index (χ0v) is 8.83. The van der Waals surface area contributed by atoms with Crippen LogP contribution < -0.4 is 5.73 Å². The topological polar surface area (TPSA) is 78.1 Å². The summed E-state index contributed by atoms with van der Waals surface area (Å²) in [4.78, 5) is 4.24. The van der Waals surface area contributed by atoms with E-state index in [1.165, 1.54) is 0 Å². The first-order valence-corrected chi connectivity index (χ1v) is 5.06. The Hall–Kier alpha value is -2.56. The smallest absolute Gasteiger partial charge is 0.258 e. The molecular formula is C12H9N3O2. The SMILES string of the molecule is Nc1cccc(-c2nc(-c3ccco3)no2)c1. The largest absolute Gasteiger partial charge is 0.461 e. The lowest BCUT2D eigenvalue weighted by atomic mass is 10.2. The molecular weight excluding hydrogens is 218 g/mol. The van der Waals surface area contributed by atoms with E-state index in [0.717, 1.165) is 5.56 Å². The lowest BCUT2D eigenvalue weighted by Gasteiger charge is -1.94. The minimum atomic E-state index is 0.420. The van der Waals surface area contributed by atoms with Crippen molar-refractivity contribution in [2.75, 3.05) is 5.73 Å². The highest BCUT2D eigenvalue weighted by atomic mass is 16.5. The van der Waals surface area contributed by atoms with E-state index in [2.05, 4.69) is 10.1 Å². The van der Waals surface area contributed by atoms with Crippen molar-refractivity contribution in [1.82, 2.24) is 10.1 Å². The highest BCUT2D eigenvalue weighted by molar-refractivity contribution is 5.61. The Bertz CT molecular complexity index is 629. The van der Waals surface area contributed by atoms with Gasteiger partial charge in [-0.3, -0.25) is 0 Å². The van der Waals surface area contributed by atoms with Gasteiger partial charge in [0, 0.05) is 11.3 Å². The van der Waals surface area contributed by atoms with Gasteiger partial charge in [0.2, 0.25) is 5.82 Å². The molecule has 3 aromatic rings. The molecule has 3 rings (SSSR count). The van der Waals surface area contributed by atoms with Gasteiger partial charge in [-0.2, -0.15) is 4.98 Å². The van der Waals surface area contributed by atoms with Crippen LogP contribution in [0.4, 0.5) is 5.69 Å². The van der Waals surface area contributed by atoms with Gasteiger partial charge in [-0.1, -0.05) is 11.2 Å². The predicted octanol–water partition coefficient (Wildman–Crippen LogP) is 2.58. The van der Waals surface area contributed by atoms with Crippen LogP contribution in [0.1, 0.15) is 0 Å². The quantitative estimate of drug-likeness (QED) is 0.681. The molecule has 5 nitrogen and oxygen atoms in total. The monoisotopic (exact) mass is 227 g/mol. The van der Waals surface area contributed by atoms with Crippen molar-refractivity contribution < 1.29 is 8.94 Å². The molecule has 84 valence electrons. The maximum Gasteiger partial charge on any atom is 0.258 e. The fraction of sp³-hybridized carbons (Fsp3) is 0. The van der Waals surface area contributed by atoms with E-state index >= 15 is 0 Å². The summed E-state index contributed by atoms with van der Waals surface area (Å²) < 4.78 is 10.3. The number of rotatable bonds is 2. The molecule has 0 fully saturated rings. The van der Waals surface area contributed by atoms with E-state index in [9.17, 15) is 0 Å². The highest BCUT2D eigenvalue weighted by Gasteiger charge is 2.12. The van der Waals surface area contributed by atoms with Crippen LogP contribution in [0.15, 0.2) is 51.6 Å². The lowest BCUT2D eigenvalue weighted by Crippen LogP contribution is -1.85. The summed E-state index contributed by atoms with van der Waals surface area (Å²) in [5.74, 6) is 1.42. The number of hydrogen-bond donors (Lipinski definition) is 1. The molecule has 5 heteroatoms. The van der Waals surface area contributed by atoms with Crippen molar-refractivity contribution >= 4 is 5.69 Å². The van der Waals surface area contributed by atoms with Gasteiger partial charge in [-0.25, -0.2) is 0 Å². The van der Waals surface area contributed by atoms with Gasteiger partial charge in [0.25, 0.3) is 5.89 Å². The van der Waals surface area contributed by atoms with E-state index in [-0.39, 0.29) is 0 Å². The fourth-order valence-corrected chi connectivity index (χ4v) is 1.52. The maximum absolute atomic E-state index is 5.69. The summed E-state index contributed by atoms with van der Waals surface area (Å²) in [5.41, 5.74) is 7.13. The zero-order valence-electron chi connectivity index (χ0n) is 8.83. The molecule has 0 atom stereocenters. The van der Waals surface area contributed by atoms with Crippen LogP contribution in [-0.4, -0.2) is 10.1 Å². The molecule has 0 radical (unpaired) electrons. The summed E-state index contributed by atoms with van der Waals surface area (Å²) in [6.07, 6.45) is 1.56. The molecule has 2 aromatic heterocycles. The number of hydrogen-bond acceptors (Lipinski definition) is 5. The lowest BCUT2D eigenvalue weighted by molar-refractivity contribution is 0.429. The van der Waals surface area contributed by atoms with Crippen molar-refractivity contribution in [2.24, 2.45) is 0 Å². The average Bonchev–Trinajstić information content (AvgIpc) is 3.00. The maximum atomic E-state index is 5.69. The van der Waals surface area contributed by atoms with Crippen molar-refractivity contribution in [3.05, 3.63) is 42.7 Å². The van der Waals surface area contributed by atoms with Gasteiger partial charge < -0.3 is 14.7 Å². The number of nitrogens with zero attached hydrogens (tertiary/aromatic N) is 2. The second-order valence-corrected chi connectivity index (χ2v) is 3.53. The van der Waals surface area contributed by atoms with Gasteiger partial charge in [0.1, 0.15) is 0 Å². The van der Waals surface area contributed by atoms with Crippen molar-refractivity contribution in [3.63, 3.8) is 0 Å². The molecule has 0 bridgehead atoms. The molecule has 17 heavy (non-hydrogen) atoms. The van der Waals surface area contributed by atoms with E-state index < -0.39 is 0 Å². The van der Waals surface area contributed by atoms with Crippen LogP contribution in [0.2, 0.25) is 0 Å². The first-order valence-electron chi connectivity index (χ1n) is 5.06. The summed E-state index contributed by atoms with van der Waals surface area (Å²) in [6, 6.07) is 10.8. The summed E-state index contributed by atoms with van der Waals surface area (Å²) >= 11 is 0. The molecule has 2 heterocycles. The van der Waals surface area contributed by atoms with Gasteiger partial charge in [-0.15, -0.1) is 0 Å². The van der Waals surface area contributed by atoms with Gasteiger partial charge >= 0.3 is 0 Å². The minimum Gasteiger partial charge on any atom is -0.461 e. The summed E-state index contributed by atoms with van der Waals surface area (Å²) in [6.45, 7) is 0. The molecule has 2 N–H and O–H groups in total. The number of benzene rings is 1. The van der Waals surface area contributed by atoms with E-state index in [1.54, 1.807) is 30.5 Å². The summed E-state index contributed by atoms with van der Waals surface area (Å²) in [5, 5.41) is 3.84. The molecule has 0 unspecified atom stereocenters. The first-order chi connectivity index (χ1) is 8.33. The van der Waals surface area contributed by atoms with Gasteiger partial charge in [0.05, 0.1) is 6.26 Å². The molecule has 0 aliphatic heterocycles. The third-order valence-electron chi connectivity index (χ3n) is 2.30. The third kappa shape index (κ3) is 1.78. The van der Waals surface area contributed by atoms with Crippen molar-refractivity contribution in [3.8, 4) is 23.0 Å². The Labute approximate surface area is 96.9 Å². The van der Waals surface area contributed by atoms with Crippen LogP contribution >= 0.6 is 0 Å². The van der Waals surface area contributed by atoms with Crippen molar-refractivity contribution in [1.29, 1.82) is 0 Å². The first kappa shape index (κ1) is 9.65. The Morgan fingerprint density at radius 3 is 2.82 bits per heavy atom. The minimum absolute atomic E-state index is 0.420. The van der Waals surface area contributed by atoms with Crippen LogP contribution in [0.5, 0.6) is 0 Å². The number of nitrogens with two attached hydrogens (primary N) is 1. The second-order valence-electron chi connectivity index (χ2n) is 3.53. The normalized spacial score (nSPS) is 10.6. The Balaban J connectivity index is 2.01. The zero-order chi connectivity index (χ0) is 11.7. The van der Waals surface area contributed by atoms with E-state index in [1.807, 2.05) is 12.1 Å². The van der Waals surface area contributed by atoms with Crippen LogP contribution in [0.3, 0.4) is 0 Å². The average molecular weight is 227 g/mol. The van der Waals surface area contributed by atoms with E-state index in [4.69, 9.17) is 14.7 Å². The second kappa shape index (κ2) is 3.79. The standard InChI is InChI=1S/C12H9N3O2/c13-9-4-1-3-8(7-9)12-14-11(15-17-12)10-5-2-6-16-10/h1-7H,13H2. The molecule has 0 saturated carbocycles. The number of furan rings is 1. The van der Waals surface area contributed by atoms with Crippen LogP contribution in [0.25, 0.3) is 23.0 Å². The van der Waals surface area contributed by atoms with Crippen molar-refractivity contribution in [2.45, 2.75) is 0 Å². The molecule has 0 saturated heterocycles. The van der Waals surface area contributed by atoms with Gasteiger partial charge in [-0.05, 0) is 30.3 Å². The highest BCUT2D eigenvalue weighted by Crippen LogP contribution is 2.23. The van der Waals surface area contributed by atoms with Crippen LogP contribution in [-0.2, 0) is 0 Å². The Morgan fingerprint density at radius 1 is 1.12 bits per heavy atom. The van der Waals surface area contributed by atoms with Crippen LogP contribution in [0, 0.1) is 0 Å². The molecule has 0 aliphatic carbocycles. The molecule has 0 amide bonds. The molecule has 1 aromatic carbocycles. The van der Waals surface area contributed by atoms with Gasteiger partial charge in [0.15, 0.2) is 5.76 Å².